The third-order valence-corrected chi connectivity index (χ3v) is 3.22. The number of carbonyl (C=O) groups excluding carboxylic acids is 1. The molecule has 0 heterocycles. The monoisotopic (exact) mass is 218 g/mol. The summed E-state index contributed by atoms with van der Waals surface area (Å²) in [6.45, 7) is -1.35. The number of hydrogen-bond donors (Lipinski definition) is 2. The first-order valence-corrected chi connectivity index (χ1v) is 5.39. The van der Waals surface area contributed by atoms with Gasteiger partial charge in [-0.15, -0.1) is 0 Å². The highest BCUT2D eigenvalue weighted by Gasteiger charge is 2.51. The standard InChI is InChI=1S/C10H16F2N2O/c11-10(12,4-13)5-14-9(15)8-3-7(8)6-1-2-6/h6-8H,1-5,13H2,(H,14,15). The van der Waals surface area contributed by atoms with Crippen LogP contribution in [0.1, 0.15) is 19.3 Å². The second kappa shape index (κ2) is 3.70. The van der Waals surface area contributed by atoms with Crippen LogP contribution in [0.15, 0.2) is 0 Å². The van der Waals surface area contributed by atoms with Gasteiger partial charge in [0, 0.05) is 5.92 Å². The molecule has 0 radical (unpaired) electrons. The predicted molar refractivity (Wildman–Crippen MR) is 51.3 cm³/mol. The molecule has 2 aliphatic rings. The van der Waals surface area contributed by atoms with Crippen LogP contribution in [0.2, 0.25) is 0 Å². The van der Waals surface area contributed by atoms with Crippen molar-refractivity contribution in [3.8, 4) is 0 Å². The Morgan fingerprint density at radius 2 is 2.13 bits per heavy atom. The molecule has 2 rings (SSSR count). The highest BCUT2D eigenvalue weighted by Crippen LogP contribution is 2.54. The lowest BCUT2D eigenvalue weighted by atomic mass is 10.2. The zero-order valence-corrected chi connectivity index (χ0v) is 8.51. The third kappa shape index (κ3) is 2.65. The Morgan fingerprint density at radius 1 is 1.47 bits per heavy atom. The fourth-order valence-electron chi connectivity index (χ4n) is 1.98. The molecule has 5 heteroatoms. The molecule has 1 amide bonds. The lowest BCUT2D eigenvalue weighted by molar-refractivity contribution is -0.124. The summed E-state index contributed by atoms with van der Waals surface area (Å²) in [7, 11) is 0. The maximum absolute atomic E-state index is 12.7. The minimum Gasteiger partial charge on any atom is -0.350 e. The van der Waals surface area contributed by atoms with Gasteiger partial charge in [-0.3, -0.25) is 4.79 Å². The van der Waals surface area contributed by atoms with Crippen molar-refractivity contribution in [3.63, 3.8) is 0 Å². The highest BCUT2D eigenvalue weighted by molar-refractivity contribution is 5.81. The van der Waals surface area contributed by atoms with E-state index in [0.29, 0.717) is 11.8 Å². The molecular formula is C10H16F2N2O. The molecule has 15 heavy (non-hydrogen) atoms. The van der Waals surface area contributed by atoms with Crippen LogP contribution in [-0.4, -0.2) is 24.9 Å². The molecule has 3 N–H and O–H groups in total. The van der Waals surface area contributed by atoms with Gasteiger partial charge in [0.2, 0.25) is 5.91 Å². The van der Waals surface area contributed by atoms with Crippen LogP contribution < -0.4 is 11.1 Å². The van der Waals surface area contributed by atoms with E-state index in [9.17, 15) is 13.6 Å². The zero-order valence-electron chi connectivity index (χ0n) is 8.51. The maximum Gasteiger partial charge on any atom is 0.277 e. The Hall–Kier alpha value is -0.710. The van der Waals surface area contributed by atoms with Crippen LogP contribution in [0, 0.1) is 17.8 Å². The van der Waals surface area contributed by atoms with Crippen molar-refractivity contribution in [2.75, 3.05) is 13.1 Å². The smallest absolute Gasteiger partial charge is 0.277 e. The average molecular weight is 218 g/mol. The summed E-state index contributed by atoms with van der Waals surface area (Å²) < 4.78 is 25.5. The molecule has 0 saturated heterocycles. The zero-order chi connectivity index (χ0) is 11.1. The Balaban J connectivity index is 1.69. The number of nitrogens with one attached hydrogen (secondary N) is 1. The molecule has 2 unspecified atom stereocenters. The second-order valence-corrected chi connectivity index (χ2v) is 4.62. The van der Waals surface area contributed by atoms with Crippen molar-refractivity contribution in [2.45, 2.75) is 25.2 Å². The van der Waals surface area contributed by atoms with Crippen LogP contribution in [0.25, 0.3) is 0 Å². The molecule has 2 aliphatic carbocycles. The number of carbonyl (C=O) groups is 1. The molecule has 2 atom stereocenters. The van der Waals surface area contributed by atoms with Crippen LogP contribution >= 0.6 is 0 Å². The van der Waals surface area contributed by atoms with Crippen molar-refractivity contribution >= 4 is 5.91 Å². The van der Waals surface area contributed by atoms with E-state index in [1.807, 2.05) is 0 Å². The normalized spacial score (nSPS) is 30.1. The van der Waals surface area contributed by atoms with Gasteiger partial charge in [0.1, 0.15) is 0 Å². The van der Waals surface area contributed by atoms with Crippen LogP contribution in [0.5, 0.6) is 0 Å². The number of nitrogens with two attached hydrogens (primary N) is 1. The number of hydrogen-bond acceptors (Lipinski definition) is 2. The third-order valence-electron chi connectivity index (χ3n) is 3.22. The fourth-order valence-corrected chi connectivity index (χ4v) is 1.98. The van der Waals surface area contributed by atoms with Crippen LogP contribution in [-0.2, 0) is 4.79 Å². The summed E-state index contributed by atoms with van der Waals surface area (Å²) in [6.07, 6.45) is 3.28. The molecule has 0 bridgehead atoms. The van der Waals surface area contributed by atoms with Crippen LogP contribution in [0.3, 0.4) is 0 Å². The largest absolute Gasteiger partial charge is 0.350 e. The van der Waals surface area contributed by atoms with Crippen molar-refractivity contribution in [1.29, 1.82) is 0 Å². The summed E-state index contributed by atoms with van der Waals surface area (Å²) in [4.78, 5) is 11.4. The van der Waals surface area contributed by atoms with Gasteiger partial charge in [-0.1, -0.05) is 0 Å². The molecule has 3 nitrogen and oxygen atoms in total. The van der Waals surface area contributed by atoms with E-state index < -0.39 is 19.0 Å². The Bertz CT molecular complexity index is 266. The minimum absolute atomic E-state index is 0.00826. The van der Waals surface area contributed by atoms with E-state index in [0.717, 1.165) is 6.42 Å². The highest BCUT2D eigenvalue weighted by atomic mass is 19.3. The van der Waals surface area contributed by atoms with E-state index in [1.54, 1.807) is 0 Å². The Labute approximate surface area is 87.4 Å². The molecule has 0 aromatic carbocycles. The molecule has 0 aromatic heterocycles. The van der Waals surface area contributed by atoms with Gasteiger partial charge in [0.05, 0.1) is 13.1 Å². The number of halogens is 2. The maximum atomic E-state index is 12.7. The van der Waals surface area contributed by atoms with E-state index in [1.165, 1.54) is 12.8 Å². The lowest BCUT2D eigenvalue weighted by Gasteiger charge is -2.14. The van der Waals surface area contributed by atoms with E-state index in [2.05, 4.69) is 5.32 Å². The summed E-state index contributed by atoms with van der Waals surface area (Å²) >= 11 is 0. The SMILES string of the molecule is NCC(F)(F)CNC(=O)C1CC1C1CC1. The van der Waals surface area contributed by atoms with Gasteiger partial charge in [0.15, 0.2) is 0 Å². The summed E-state index contributed by atoms with van der Waals surface area (Å²) in [6, 6.07) is 0. The molecule has 2 saturated carbocycles. The lowest BCUT2D eigenvalue weighted by Crippen LogP contribution is -2.42. The van der Waals surface area contributed by atoms with Gasteiger partial charge >= 0.3 is 0 Å². The van der Waals surface area contributed by atoms with Crippen molar-refractivity contribution in [2.24, 2.45) is 23.5 Å². The number of amides is 1. The van der Waals surface area contributed by atoms with Gasteiger partial charge in [-0.2, -0.15) is 0 Å². The first-order valence-electron chi connectivity index (χ1n) is 5.39. The van der Waals surface area contributed by atoms with Gasteiger partial charge in [-0.25, -0.2) is 8.78 Å². The van der Waals surface area contributed by atoms with E-state index in [4.69, 9.17) is 5.73 Å². The van der Waals surface area contributed by atoms with Gasteiger partial charge < -0.3 is 11.1 Å². The number of alkyl halides is 2. The topological polar surface area (TPSA) is 55.1 Å². The van der Waals surface area contributed by atoms with E-state index >= 15 is 0 Å². The van der Waals surface area contributed by atoms with Crippen molar-refractivity contribution in [1.82, 2.24) is 5.32 Å². The Kier molecular flexibility index (Phi) is 2.66. The molecular weight excluding hydrogens is 202 g/mol. The fraction of sp³-hybridized carbons (Fsp3) is 0.900. The first kappa shape index (κ1) is 10.8. The summed E-state index contributed by atoms with van der Waals surface area (Å²) in [5.74, 6) is -2.04. The average Bonchev–Trinajstić information content (AvgIpc) is 3.02. The Morgan fingerprint density at radius 3 is 2.67 bits per heavy atom. The van der Waals surface area contributed by atoms with Crippen LogP contribution in [0.4, 0.5) is 8.78 Å². The van der Waals surface area contributed by atoms with Crippen molar-refractivity contribution in [3.05, 3.63) is 0 Å². The predicted octanol–water partition coefficient (Wildman–Crippen LogP) is 0.743. The van der Waals surface area contributed by atoms with Crippen molar-refractivity contribution < 1.29 is 13.6 Å². The molecule has 0 spiro atoms. The second-order valence-electron chi connectivity index (χ2n) is 4.62. The summed E-state index contributed by atoms with van der Waals surface area (Å²) in [5.41, 5.74) is 4.87. The van der Waals surface area contributed by atoms with E-state index in [-0.39, 0.29) is 11.8 Å². The quantitative estimate of drug-likeness (QED) is 0.715. The minimum atomic E-state index is -2.97. The number of rotatable bonds is 5. The van der Waals surface area contributed by atoms with Gasteiger partial charge in [0.25, 0.3) is 5.92 Å². The first-order chi connectivity index (χ1) is 7.03. The molecule has 0 aromatic rings. The van der Waals surface area contributed by atoms with Gasteiger partial charge in [-0.05, 0) is 31.1 Å². The molecule has 86 valence electrons. The molecule has 2 fully saturated rings. The summed E-state index contributed by atoms with van der Waals surface area (Å²) in [5, 5.41) is 2.28. The molecule has 0 aliphatic heterocycles.